The molecule has 19 heavy (non-hydrogen) atoms. The lowest BCUT2D eigenvalue weighted by Crippen LogP contribution is -2.40. The van der Waals surface area contributed by atoms with E-state index in [2.05, 4.69) is 34.9 Å². The monoisotopic (exact) mass is 260 g/mol. The van der Waals surface area contributed by atoms with Gasteiger partial charge < -0.3 is 15.4 Å². The van der Waals surface area contributed by atoms with Crippen molar-refractivity contribution in [2.75, 3.05) is 26.2 Å². The average molecular weight is 260 g/mol. The molecule has 0 radical (unpaired) electrons. The quantitative estimate of drug-likeness (QED) is 0.869. The summed E-state index contributed by atoms with van der Waals surface area (Å²) in [6, 6.07) is 9.25. The SMILES string of the molecule is c1ccc2c(c1)CCNC2CNCC1CCCCO1. The number of fused-ring (bicyclic) bond motifs is 1. The number of nitrogens with one attached hydrogen (secondary N) is 2. The lowest BCUT2D eigenvalue weighted by molar-refractivity contribution is 0.0167. The van der Waals surface area contributed by atoms with Gasteiger partial charge in [-0.15, -0.1) is 0 Å². The van der Waals surface area contributed by atoms with E-state index >= 15 is 0 Å². The Morgan fingerprint density at radius 2 is 2.16 bits per heavy atom. The molecule has 2 aliphatic heterocycles. The van der Waals surface area contributed by atoms with Gasteiger partial charge >= 0.3 is 0 Å². The van der Waals surface area contributed by atoms with Crippen LogP contribution in [0, 0.1) is 0 Å². The fraction of sp³-hybridized carbons (Fsp3) is 0.625. The molecule has 104 valence electrons. The Hall–Kier alpha value is -0.900. The average Bonchev–Trinajstić information content (AvgIpc) is 2.49. The zero-order valence-corrected chi connectivity index (χ0v) is 11.5. The van der Waals surface area contributed by atoms with Gasteiger partial charge in [-0.05, 0) is 43.4 Å². The summed E-state index contributed by atoms with van der Waals surface area (Å²) in [6.45, 7) is 4.01. The first-order valence-electron chi connectivity index (χ1n) is 7.57. The molecule has 1 saturated heterocycles. The number of benzene rings is 1. The molecule has 0 bridgehead atoms. The summed E-state index contributed by atoms with van der Waals surface area (Å²) in [7, 11) is 0. The van der Waals surface area contributed by atoms with Crippen LogP contribution in [0.15, 0.2) is 24.3 Å². The van der Waals surface area contributed by atoms with Gasteiger partial charge in [-0.25, -0.2) is 0 Å². The Balaban J connectivity index is 1.50. The van der Waals surface area contributed by atoms with Crippen molar-refractivity contribution in [1.82, 2.24) is 10.6 Å². The maximum absolute atomic E-state index is 5.75. The molecule has 2 unspecified atom stereocenters. The highest BCUT2D eigenvalue weighted by Crippen LogP contribution is 2.22. The van der Waals surface area contributed by atoms with Crippen molar-refractivity contribution < 1.29 is 4.74 Å². The second-order valence-corrected chi connectivity index (χ2v) is 5.60. The molecule has 0 aromatic heterocycles. The Labute approximate surface area is 115 Å². The standard InChI is InChI=1S/C16H24N2O/c1-2-7-15-13(5-1)8-9-18-16(15)12-17-11-14-6-3-4-10-19-14/h1-2,5,7,14,16-18H,3-4,6,8-12H2. The van der Waals surface area contributed by atoms with Gasteiger partial charge in [0.05, 0.1) is 6.10 Å². The van der Waals surface area contributed by atoms with E-state index in [4.69, 9.17) is 4.74 Å². The van der Waals surface area contributed by atoms with Crippen LogP contribution in [0.25, 0.3) is 0 Å². The minimum atomic E-state index is 0.424. The summed E-state index contributed by atoms with van der Waals surface area (Å²) in [6.07, 6.45) is 5.33. The summed E-state index contributed by atoms with van der Waals surface area (Å²) in [5.41, 5.74) is 2.97. The first-order valence-corrected chi connectivity index (χ1v) is 7.57. The highest BCUT2D eigenvalue weighted by molar-refractivity contribution is 5.32. The van der Waals surface area contributed by atoms with Gasteiger partial charge in [-0.3, -0.25) is 0 Å². The Kier molecular flexibility index (Phi) is 4.49. The van der Waals surface area contributed by atoms with Crippen LogP contribution in [0.4, 0.5) is 0 Å². The first-order chi connectivity index (χ1) is 9.43. The van der Waals surface area contributed by atoms with Crippen molar-refractivity contribution in [3.05, 3.63) is 35.4 Å². The Morgan fingerprint density at radius 3 is 3.05 bits per heavy atom. The van der Waals surface area contributed by atoms with Crippen molar-refractivity contribution in [2.24, 2.45) is 0 Å². The number of hydrogen-bond acceptors (Lipinski definition) is 3. The number of rotatable bonds is 4. The molecule has 2 N–H and O–H groups in total. The highest BCUT2D eigenvalue weighted by Gasteiger charge is 2.19. The maximum Gasteiger partial charge on any atom is 0.0699 e. The second kappa shape index (κ2) is 6.51. The predicted molar refractivity (Wildman–Crippen MR) is 77.4 cm³/mol. The Bertz CT molecular complexity index is 401. The van der Waals surface area contributed by atoms with E-state index < -0.39 is 0 Å². The molecular formula is C16H24N2O. The van der Waals surface area contributed by atoms with E-state index in [-0.39, 0.29) is 0 Å². The van der Waals surface area contributed by atoms with Crippen molar-refractivity contribution in [3.63, 3.8) is 0 Å². The van der Waals surface area contributed by atoms with Crippen LogP contribution < -0.4 is 10.6 Å². The van der Waals surface area contributed by atoms with Gasteiger partial charge in [0.1, 0.15) is 0 Å². The molecule has 2 aliphatic rings. The molecule has 1 aromatic rings. The summed E-state index contributed by atoms with van der Waals surface area (Å²) in [5, 5.41) is 7.19. The number of hydrogen-bond donors (Lipinski definition) is 2. The molecule has 0 saturated carbocycles. The van der Waals surface area contributed by atoms with Crippen molar-refractivity contribution in [2.45, 2.75) is 37.8 Å². The normalized spacial score (nSPS) is 26.9. The van der Waals surface area contributed by atoms with Crippen molar-refractivity contribution in [1.29, 1.82) is 0 Å². The minimum absolute atomic E-state index is 0.424. The summed E-state index contributed by atoms with van der Waals surface area (Å²) in [5.74, 6) is 0. The van der Waals surface area contributed by atoms with E-state index in [0.29, 0.717) is 12.1 Å². The predicted octanol–water partition coefficient (Wildman–Crippen LogP) is 2.03. The highest BCUT2D eigenvalue weighted by atomic mass is 16.5. The summed E-state index contributed by atoms with van der Waals surface area (Å²) < 4.78 is 5.75. The molecule has 3 rings (SSSR count). The van der Waals surface area contributed by atoms with Gasteiger partial charge in [0.15, 0.2) is 0 Å². The molecule has 0 amide bonds. The summed E-state index contributed by atoms with van der Waals surface area (Å²) in [4.78, 5) is 0. The van der Waals surface area contributed by atoms with Crippen LogP contribution in [0.2, 0.25) is 0 Å². The van der Waals surface area contributed by atoms with E-state index in [0.717, 1.165) is 32.7 Å². The third-order valence-corrected chi connectivity index (χ3v) is 4.21. The van der Waals surface area contributed by atoms with Crippen LogP contribution in [0.1, 0.15) is 36.4 Å². The van der Waals surface area contributed by atoms with Crippen LogP contribution in [0.5, 0.6) is 0 Å². The fourth-order valence-corrected chi connectivity index (χ4v) is 3.13. The largest absolute Gasteiger partial charge is 0.377 e. The van der Waals surface area contributed by atoms with Crippen LogP contribution in [-0.4, -0.2) is 32.3 Å². The van der Waals surface area contributed by atoms with Crippen molar-refractivity contribution in [3.8, 4) is 0 Å². The molecule has 1 aromatic carbocycles. The van der Waals surface area contributed by atoms with Gasteiger partial charge in [-0.1, -0.05) is 24.3 Å². The van der Waals surface area contributed by atoms with E-state index in [1.165, 1.54) is 30.4 Å². The molecule has 2 heterocycles. The fourth-order valence-electron chi connectivity index (χ4n) is 3.13. The van der Waals surface area contributed by atoms with Crippen LogP contribution in [0.3, 0.4) is 0 Å². The third-order valence-electron chi connectivity index (χ3n) is 4.21. The van der Waals surface area contributed by atoms with Gasteiger partial charge in [-0.2, -0.15) is 0 Å². The third kappa shape index (κ3) is 3.35. The first kappa shape index (κ1) is 13.1. The van der Waals surface area contributed by atoms with Crippen LogP contribution >= 0.6 is 0 Å². The molecule has 3 heteroatoms. The zero-order valence-electron chi connectivity index (χ0n) is 11.5. The Morgan fingerprint density at radius 1 is 1.21 bits per heavy atom. The van der Waals surface area contributed by atoms with E-state index in [9.17, 15) is 0 Å². The lowest BCUT2D eigenvalue weighted by Gasteiger charge is -2.28. The smallest absolute Gasteiger partial charge is 0.0699 e. The van der Waals surface area contributed by atoms with Gasteiger partial charge in [0, 0.05) is 25.7 Å². The topological polar surface area (TPSA) is 33.3 Å². The molecular weight excluding hydrogens is 236 g/mol. The van der Waals surface area contributed by atoms with Crippen LogP contribution in [-0.2, 0) is 11.2 Å². The van der Waals surface area contributed by atoms with E-state index in [1.54, 1.807) is 0 Å². The lowest BCUT2D eigenvalue weighted by atomic mass is 9.94. The van der Waals surface area contributed by atoms with E-state index in [1.807, 2.05) is 0 Å². The second-order valence-electron chi connectivity index (χ2n) is 5.60. The van der Waals surface area contributed by atoms with Crippen molar-refractivity contribution >= 4 is 0 Å². The minimum Gasteiger partial charge on any atom is -0.377 e. The molecule has 1 fully saturated rings. The molecule has 3 nitrogen and oxygen atoms in total. The van der Waals surface area contributed by atoms with Gasteiger partial charge in [0.25, 0.3) is 0 Å². The summed E-state index contributed by atoms with van der Waals surface area (Å²) >= 11 is 0. The molecule has 0 spiro atoms. The van der Waals surface area contributed by atoms with Gasteiger partial charge in [0.2, 0.25) is 0 Å². The molecule has 0 aliphatic carbocycles. The zero-order chi connectivity index (χ0) is 12.9. The number of ether oxygens (including phenoxy) is 1. The molecule has 2 atom stereocenters. The maximum atomic E-state index is 5.75.